The van der Waals surface area contributed by atoms with Crippen LogP contribution in [0.3, 0.4) is 0 Å². The van der Waals surface area contributed by atoms with Gasteiger partial charge in [0.25, 0.3) is 0 Å². The molecule has 0 aliphatic heterocycles. The lowest BCUT2D eigenvalue weighted by Crippen LogP contribution is -2.17. The van der Waals surface area contributed by atoms with Crippen molar-refractivity contribution in [3.05, 3.63) is 48.0 Å². The van der Waals surface area contributed by atoms with Crippen molar-refractivity contribution < 1.29 is 14.9 Å². The number of hydrogen-bond donors (Lipinski definition) is 1. The molecule has 1 atom stereocenters. The maximum atomic E-state index is 8.23. The van der Waals surface area contributed by atoms with Gasteiger partial charge in [0.1, 0.15) is 6.61 Å². The van der Waals surface area contributed by atoms with Gasteiger partial charge >= 0.3 is 0 Å². The van der Waals surface area contributed by atoms with E-state index in [1.165, 1.54) is 0 Å². The lowest BCUT2D eigenvalue weighted by Gasteiger charge is -2.18. The van der Waals surface area contributed by atoms with Crippen molar-refractivity contribution >= 4 is 0 Å². The van der Waals surface area contributed by atoms with Crippen LogP contribution in [0.4, 0.5) is 0 Å². The van der Waals surface area contributed by atoms with Crippen LogP contribution in [0, 0.1) is 5.92 Å². The van der Waals surface area contributed by atoms with Gasteiger partial charge in [0.15, 0.2) is 0 Å². The maximum absolute atomic E-state index is 8.23. The van der Waals surface area contributed by atoms with Crippen LogP contribution < -0.4 is 0 Å². The SMILES string of the molecule is CC(C)C(/C=C\COO)OCc1ccccc1. The highest BCUT2D eigenvalue weighted by molar-refractivity contribution is 5.13. The zero-order valence-corrected chi connectivity index (χ0v) is 10.4. The Bertz CT molecular complexity index is 319. The molecule has 0 aliphatic carbocycles. The Labute approximate surface area is 103 Å². The maximum Gasteiger partial charge on any atom is 0.100 e. The fraction of sp³-hybridized carbons (Fsp3) is 0.429. The molecule has 3 nitrogen and oxygen atoms in total. The van der Waals surface area contributed by atoms with Crippen LogP contribution in [-0.2, 0) is 16.2 Å². The molecule has 17 heavy (non-hydrogen) atoms. The lowest BCUT2D eigenvalue weighted by molar-refractivity contribution is -0.232. The third-order valence-corrected chi connectivity index (χ3v) is 2.44. The van der Waals surface area contributed by atoms with Gasteiger partial charge in [0, 0.05) is 0 Å². The summed E-state index contributed by atoms with van der Waals surface area (Å²) in [4.78, 5) is 3.99. The van der Waals surface area contributed by atoms with Gasteiger partial charge in [-0.05, 0) is 11.5 Å². The first kappa shape index (κ1) is 13.9. The second kappa shape index (κ2) is 8.01. The summed E-state index contributed by atoms with van der Waals surface area (Å²) < 4.78 is 5.81. The Kier molecular flexibility index (Phi) is 6.55. The monoisotopic (exact) mass is 236 g/mol. The van der Waals surface area contributed by atoms with Crippen LogP contribution in [0.25, 0.3) is 0 Å². The highest BCUT2D eigenvalue weighted by Crippen LogP contribution is 2.11. The van der Waals surface area contributed by atoms with Crippen molar-refractivity contribution in [2.75, 3.05) is 6.61 Å². The molecule has 0 saturated heterocycles. The summed E-state index contributed by atoms with van der Waals surface area (Å²) in [6.07, 6.45) is 3.71. The minimum Gasteiger partial charge on any atom is -0.369 e. The quantitative estimate of drug-likeness (QED) is 0.448. The summed E-state index contributed by atoms with van der Waals surface area (Å²) in [5.74, 6) is 0.383. The summed E-state index contributed by atoms with van der Waals surface area (Å²) in [6.45, 7) is 4.98. The zero-order valence-electron chi connectivity index (χ0n) is 10.4. The Morgan fingerprint density at radius 1 is 1.24 bits per heavy atom. The molecule has 0 fully saturated rings. The molecule has 1 aromatic rings. The summed E-state index contributed by atoms with van der Waals surface area (Å²) >= 11 is 0. The third-order valence-electron chi connectivity index (χ3n) is 2.44. The normalized spacial score (nSPS) is 13.4. The molecule has 1 N–H and O–H groups in total. The number of hydrogen-bond acceptors (Lipinski definition) is 3. The summed E-state index contributed by atoms with van der Waals surface area (Å²) in [5.41, 5.74) is 1.16. The van der Waals surface area contributed by atoms with E-state index in [1.807, 2.05) is 36.4 Å². The summed E-state index contributed by atoms with van der Waals surface area (Å²) in [5, 5.41) is 8.23. The van der Waals surface area contributed by atoms with E-state index in [1.54, 1.807) is 6.08 Å². The number of benzene rings is 1. The van der Waals surface area contributed by atoms with Crippen LogP contribution in [0.2, 0.25) is 0 Å². The summed E-state index contributed by atoms with van der Waals surface area (Å²) in [7, 11) is 0. The predicted octanol–water partition coefficient (Wildman–Crippen LogP) is 3.27. The third kappa shape index (κ3) is 5.63. The van der Waals surface area contributed by atoms with Gasteiger partial charge in [-0.2, -0.15) is 0 Å². The van der Waals surface area contributed by atoms with E-state index in [-0.39, 0.29) is 12.7 Å². The first-order valence-electron chi connectivity index (χ1n) is 5.82. The van der Waals surface area contributed by atoms with Crippen LogP contribution in [0.15, 0.2) is 42.5 Å². The minimum atomic E-state index is 0.0327. The average Bonchev–Trinajstić information content (AvgIpc) is 2.34. The van der Waals surface area contributed by atoms with Crippen molar-refractivity contribution in [2.45, 2.75) is 26.6 Å². The van der Waals surface area contributed by atoms with Gasteiger partial charge in [-0.3, -0.25) is 5.26 Å². The molecule has 0 saturated carbocycles. The molecule has 0 radical (unpaired) electrons. The highest BCUT2D eigenvalue weighted by Gasteiger charge is 2.09. The van der Waals surface area contributed by atoms with E-state index in [2.05, 4.69) is 18.7 Å². The van der Waals surface area contributed by atoms with Gasteiger partial charge in [-0.25, -0.2) is 4.89 Å². The zero-order chi connectivity index (χ0) is 12.5. The molecule has 0 aromatic heterocycles. The van der Waals surface area contributed by atoms with E-state index < -0.39 is 0 Å². The Morgan fingerprint density at radius 2 is 1.94 bits per heavy atom. The largest absolute Gasteiger partial charge is 0.369 e. The minimum absolute atomic E-state index is 0.0327. The topological polar surface area (TPSA) is 38.7 Å². The van der Waals surface area contributed by atoms with E-state index in [0.717, 1.165) is 5.56 Å². The molecule has 1 unspecified atom stereocenters. The Balaban J connectivity index is 2.45. The van der Waals surface area contributed by atoms with Crippen molar-refractivity contribution in [2.24, 2.45) is 5.92 Å². The van der Waals surface area contributed by atoms with Gasteiger partial charge in [0.05, 0.1) is 12.7 Å². The summed E-state index contributed by atoms with van der Waals surface area (Å²) in [6, 6.07) is 10.1. The second-order valence-electron chi connectivity index (χ2n) is 4.23. The fourth-order valence-corrected chi connectivity index (χ4v) is 1.47. The highest BCUT2D eigenvalue weighted by atomic mass is 17.1. The lowest BCUT2D eigenvalue weighted by atomic mass is 10.1. The van der Waals surface area contributed by atoms with Gasteiger partial charge in [-0.15, -0.1) is 0 Å². The fourth-order valence-electron chi connectivity index (χ4n) is 1.47. The molecular formula is C14H20O3. The second-order valence-corrected chi connectivity index (χ2v) is 4.23. The Hall–Kier alpha value is -1.16. The molecule has 0 bridgehead atoms. The molecular weight excluding hydrogens is 216 g/mol. The van der Waals surface area contributed by atoms with E-state index in [4.69, 9.17) is 9.99 Å². The van der Waals surface area contributed by atoms with Crippen LogP contribution in [0.1, 0.15) is 19.4 Å². The van der Waals surface area contributed by atoms with Crippen molar-refractivity contribution in [1.82, 2.24) is 0 Å². The molecule has 3 heteroatoms. The van der Waals surface area contributed by atoms with Crippen molar-refractivity contribution in [1.29, 1.82) is 0 Å². The molecule has 1 rings (SSSR count). The van der Waals surface area contributed by atoms with Crippen LogP contribution in [0.5, 0.6) is 0 Å². The van der Waals surface area contributed by atoms with Gasteiger partial charge in [0.2, 0.25) is 0 Å². The first-order chi connectivity index (χ1) is 8.24. The average molecular weight is 236 g/mol. The van der Waals surface area contributed by atoms with Crippen LogP contribution >= 0.6 is 0 Å². The Morgan fingerprint density at radius 3 is 2.53 bits per heavy atom. The van der Waals surface area contributed by atoms with E-state index >= 15 is 0 Å². The smallest absolute Gasteiger partial charge is 0.100 e. The first-order valence-corrected chi connectivity index (χ1v) is 5.82. The van der Waals surface area contributed by atoms with Gasteiger partial charge in [-0.1, -0.05) is 56.3 Å². The molecule has 0 amide bonds. The van der Waals surface area contributed by atoms with Crippen molar-refractivity contribution in [3.63, 3.8) is 0 Å². The number of ether oxygens (including phenoxy) is 1. The molecule has 0 aliphatic rings. The number of rotatable bonds is 7. The molecule has 0 spiro atoms. The van der Waals surface area contributed by atoms with Gasteiger partial charge < -0.3 is 4.74 Å². The van der Waals surface area contributed by atoms with E-state index in [9.17, 15) is 0 Å². The van der Waals surface area contributed by atoms with Crippen molar-refractivity contribution in [3.8, 4) is 0 Å². The molecule has 1 aromatic carbocycles. The molecule has 94 valence electrons. The van der Waals surface area contributed by atoms with Crippen LogP contribution in [-0.4, -0.2) is 18.0 Å². The van der Waals surface area contributed by atoms with E-state index in [0.29, 0.717) is 12.5 Å². The molecule has 0 heterocycles. The standard InChI is InChI=1S/C14H20O3/c1-12(2)14(9-6-10-17-15)16-11-13-7-4-3-5-8-13/h3-9,12,14-15H,10-11H2,1-2H3/b9-6-. The predicted molar refractivity (Wildman–Crippen MR) is 67.6 cm³/mol.